The van der Waals surface area contributed by atoms with Crippen molar-refractivity contribution >= 4 is 23.4 Å². The molecule has 33 heavy (non-hydrogen) atoms. The molecule has 0 saturated heterocycles. The highest BCUT2D eigenvalue weighted by Gasteiger charge is 2.08. The molecule has 1 heterocycles. The topological polar surface area (TPSA) is 128 Å². The second kappa shape index (κ2) is 11.6. The number of anilines is 2. The number of amides is 2. The predicted octanol–water partition coefficient (Wildman–Crippen LogP) is 3.20. The van der Waals surface area contributed by atoms with Crippen molar-refractivity contribution in [3.05, 3.63) is 76.6 Å². The van der Waals surface area contributed by atoms with Crippen LogP contribution in [0.4, 0.5) is 16.2 Å². The molecule has 0 aliphatic rings. The third-order valence-corrected chi connectivity index (χ3v) is 4.70. The lowest BCUT2D eigenvalue weighted by Gasteiger charge is -2.11. The highest BCUT2D eigenvalue weighted by atomic mass is 16.5. The summed E-state index contributed by atoms with van der Waals surface area (Å²) in [5.41, 5.74) is 8.55. The summed E-state index contributed by atoms with van der Waals surface area (Å²) in [7, 11) is 0. The maximum absolute atomic E-state index is 12.4. The molecule has 0 saturated carbocycles. The Bertz CT molecular complexity index is 1180. The molecule has 3 aromatic rings. The van der Waals surface area contributed by atoms with Crippen molar-refractivity contribution < 1.29 is 14.3 Å². The van der Waals surface area contributed by atoms with Crippen molar-refractivity contribution in [2.75, 3.05) is 23.8 Å². The van der Waals surface area contributed by atoms with E-state index in [9.17, 15) is 14.4 Å². The molecule has 0 bridgehead atoms. The highest BCUT2D eigenvalue weighted by Crippen LogP contribution is 2.20. The zero-order valence-corrected chi connectivity index (χ0v) is 18.4. The average Bonchev–Trinajstić information content (AvgIpc) is 2.80. The van der Waals surface area contributed by atoms with Gasteiger partial charge in [-0.3, -0.25) is 14.9 Å². The van der Waals surface area contributed by atoms with Gasteiger partial charge in [0, 0.05) is 29.4 Å². The summed E-state index contributed by atoms with van der Waals surface area (Å²) in [6.45, 7) is 2.68. The lowest BCUT2D eigenvalue weighted by Crippen LogP contribution is -2.23. The fourth-order valence-corrected chi connectivity index (χ4v) is 3.16. The van der Waals surface area contributed by atoms with Crippen LogP contribution < -0.4 is 21.9 Å². The van der Waals surface area contributed by atoms with E-state index in [4.69, 9.17) is 10.5 Å². The van der Waals surface area contributed by atoms with E-state index >= 15 is 0 Å². The Morgan fingerprint density at radius 3 is 2.55 bits per heavy atom. The fourth-order valence-electron chi connectivity index (χ4n) is 3.16. The first-order chi connectivity index (χ1) is 16.0. The maximum Gasteiger partial charge on any atom is 0.411 e. The molecule has 0 aliphatic heterocycles. The van der Waals surface area contributed by atoms with Crippen molar-refractivity contribution in [2.45, 2.75) is 26.3 Å². The lowest BCUT2D eigenvalue weighted by molar-refractivity contribution is -0.116. The molecule has 1 aromatic heterocycles. The van der Waals surface area contributed by atoms with Gasteiger partial charge in [0.15, 0.2) is 0 Å². The summed E-state index contributed by atoms with van der Waals surface area (Å²) < 4.78 is 6.24. The predicted molar refractivity (Wildman–Crippen MR) is 127 cm³/mol. The number of aromatic nitrogens is 2. The third kappa shape index (κ3) is 7.01. The van der Waals surface area contributed by atoms with Crippen LogP contribution in [0.1, 0.15) is 25.3 Å². The number of nitrogens with one attached hydrogen (secondary N) is 2. The number of nitrogens with two attached hydrogens (primary N) is 1. The molecule has 0 unspecified atom stereocenters. The van der Waals surface area contributed by atoms with Crippen molar-refractivity contribution in [3.63, 3.8) is 0 Å². The Labute approximate surface area is 191 Å². The van der Waals surface area contributed by atoms with E-state index in [0.717, 1.165) is 11.1 Å². The third-order valence-electron chi connectivity index (χ3n) is 4.70. The quantitative estimate of drug-likeness (QED) is 0.460. The summed E-state index contributed by atoms with van der Waals surface area (Å²) in [4.78, 5) is 36.1. The normalized spacial score (nSPS) is 10.5. The van der Waals surface area contributed by atoms with Gasteiger partial charge < -0.3 is 15.8 Å². The van der Waals surface area contributed by atoms with Crippen LogP contribution in [0.25, 0.3) is 11.3 Å². The summed E-state index contributed by atoms with van der Waals surface area (Å²) in [5.74, 6) is -0.105. The molecule has 0 spiro atoms. The van der Waals surface area contributed by atoms with E-state index in [1.54, 1.807) is 43.3 Å². The number of nitrogens with zero attached hydrogens (tertiary/aromatic N) is 2. The molecule has 2 aromatic carbocycles. The summed E-state index contributed by atoms with van der Waals surface area (Å²) in [6, 6.07) is 17.5. The van der Waals surface area contributed by atoms with Crippen LogP contribution in [-0.4, -0.2) is 34.9 Å². The largest absolute Gasteiger partial charge is 0.450 e. The van der Waals surface area contributed by atoms with Crippen LogP contribution in [0.3, 0.4) is 0 Å². The second-order valence-corrected chi connectivity index (χ2v) is 7.28. The van der Waals surface area contributed by atoms with Crippen LogP contribution >= 0.6 is 0 Å². The average molecular weight is 450 g/mol. The van der Waals surface area contributed by atoms with Crippen molar-refractivity contribution in [3.8, 4) is 11.3 Å². The van der Waals surface area contributed by atoms with Crippen LogP contribution in [0.15, 0.2) is 65.5 Å². The summed E-state index contributed by atoms with van der Waals surface area (Å²) in [5, 5.41) is 9.98. The molecule has 2 amide bonds. The zero-order valence-electron chi connectivity index (χ0n) is 18.4. The summed E-state index contributed by atoms with van der Waals surface area (Å²) >= 11 is 0. The van der Waals surface area contributed by atoms with Gasteiger partial charge >= 0.3 is 6.09 Å². The Hall–Kier alpha value is -3.98. The van der Waals surface area contributed by atoms with Crippen molar-refractivity contribution in [1.29, 1.82) is 0 Å². The smallest absolute Gasteiger partial charge is 0.411 e. The monoisotopic (exact) mass is 449 g/mol. The molecule has 0 radical (unpaired) electrons. The first-order valence-corrected chi connectivity index (χ1v) is 10.7. The molecule has 0 atom stereocenters. The van der Waals surface area contributed by atoms with Gasteiger partial charge in [-0.2, -0.15) is 5.10 Å². The number of hydrogen-bond donors (Lipinski definition) is 3. The Morgan fingerprint density at radius 2 is 1.79 bits per heavy atom. The molecule has 0 aliphatic carbocycles. The van der Waals surface area contributed by atoms with Crippen molar-refractivity contribution in [2.24, 2.45) is 5.73 Å². The van der Waals surface area contributed by atoms with Gasteiger partial charge in [-0.05, 0) is 55.8 Å². The minimum Gasteiger partial charge on any atom is -0.450 e. The lowest BCUT2D eigenvalue weighted by atomic mass is 10.1. The van der Waals surface area contributed by atoms with E-state index < -0.39 is 6.09 Å². The van der Waals surface area contributed by atoms with E-state index in [1.807, 2.05) is 18.2 Å². The molecule has 172 valence electrons. The summed E-state index contributed by atoms with van der Waals surface area (Å²) in [6.07, 6.45) is 0.435. The van der Waals surface area contributed by atoms with Crippen LogP contribution in [0, 0.1) is 0 Å². The van der Waals surface area contributed by atoms with Gasteiger partial charge in [-0.25, -0.2) is 9.48 Å². The Kier molecular flexibility index (Phi) is 8.31. The molecule has 4 N–H and O–H groups in total. The van der Waals surface area contributed by atoms with Gasteiger partial charge in [-0.15, -0.1) is 0 Å². The highest BCUT2D eigenvalue weighted by molar-refractivity contribution is 5.91. The van der Waals surface area contributed by atoms with Gasteiger partial charge in [0.05, 0.1) is 18.8 Å². The minimum atomic E-state index is -0.540. The van der Waals surface area contributed by atoms with Crippen molar-refractivity contribution in [1.82, 2.24) is 9.78 Å². The molecular formula is C24H27N5O4. The first-order valence-electron chi connectivity index (χ1n) is 10.7. The fraction of sp³-hybridized carbons (Fsp3) is 0.250. The van der Waals surface area contributed by atoms with Crippen LogP contribution in [0.5, 0.6) is 0 Å². The minimum absolute atomic E-state index is 0.105. The molecular weight excluding hydrogens is 422 g/mol. The molecule has 9 nitrogen and oxygen atoms in total. The van der Waals surface area contributed by atoms with Crippen LogP contribution in [0.2, 0.25) is 0 Å². The van der Waals surface area contributed by atoms with E-state index in [-0.39, 0.29) is 24.6 Å². The number of carbonyl (C=O) groups excluding carboxylic acids is 2. The van der Waals surface area contributed by atoms with Gasteiger partial charge in [0.1, 0.15) is 0 Å². The number of carbonyl (C=O) groups is 2. The Balaban J connectivity index is 1.78. The zero-order chi connectivity index (χ0) is 23.6. The first kappa shape index (κ1) is 23.7. The Morgan fingerprint density at radius 1 is 1.03 bits per heavy atom. The van der Waals surface area contributed by atoms with Gasteiger partial charge in [0.2, 0.25) is 5.91 Å². The molecule has 3 rings (SSSR count). The van der Waals surface area contributed by atoms with E-state index in [2.05, 4.69) is 15.7 Å². The molecule has 0 fully saturated rings. The number of hydrogen-bond acceptors (Lipinski definition) is 6. The number of ether oxygens (including phenoxy) is 1. The second-order valence-electron chi connectivity index (χ2n) is 7.28. The molecule has 9 heteroatoms. The SMILES string of the molecule is CCOC(=O)Nc1cccc(Cn2nc(-c3cccc(NC(=O)CCCN)c3)ccc2=O)c1. The van der Waals surface area contributed by atoms with E-state index in [0.29, 0.717) is 36.5 Å². The van der Waals surface area contributed by atoms with Gasteiger partial charge in [0.25, 0.3) is 5.56 Å². The maximum atomic E-state index is 12.4. The number of benzene rings is 2. The van der Waals surface area contributed by atoms with Crippen LogP contribution in [-0.2, 0) is 16.1 Å². The number of rotatable bonds is 9. The van der Waals surface area contributed by atoms with E-state index in [1.165, 1.54) is 10.7 Å². The standard InChI is InChI=1S/C24H27N5O4/c1-2-33-24(32)27-19-8-3-6-17(14-19)16-29-23(31)12-11-21(28-29)18-7-4-9-20(15-18)26-22(30)10-5-13-25/h3-4,6-9,11-12,14-15H,2,5,10,13,16,25H2,1H3,(H,26,30)(H,27,32). The van der Waals surface area contributed by atoms with Gasteiger partial charge in [-0.1, -0.05) is 24.3 Å².